The molecule has 0 N–H and O–H groups in total. The number of nitriles is 1. The molecule has 0 unspecified atom stereocenters. The van der Waals surface area contributed by atoms with Gasteiger partial charge in [0.05, 0.1) is 6.07 Å². The van der Waals surface area contributed by atoms with E-state index < -0.39 is 0 Å². The van der Waals surface area contributed by atoms with Gasteiger partial charge in [0, 0.05) is 26.3 Å². The minimum Gasteiger partial charge on any atom is -0.305 e. The van der Waals surface area contributed by atoms with Gasteiger partial charge in [0.15, 0.2) is 0 Å². The third kappa shape index (κ3) is 3.44. The molecule has 2 aromatic carbocycles. The van der Waals surface area contributed by atoms with E-state index >= 15 is 0 Å². The Kier molecular flexibility index (Phi) is 5.00. The molecule has 3 heteroatoms. The van der Waals surface area contributed by atoms with E-state index in [0.29, 0.717) is 5.56 Å². The largest absolute Gasteiger partial charge is 0.305 e. The first-order valence-corrected chi connectivity index (χ1v) is 6.30. The first-order valence-electron chi connectivity index (χ1n) is 6.30. The molecule has 0 saturated carbocycles. The number of benzene rings is 2. The zero-order valence-corrected chi connectivity index (χ0v) is 13.5. The minimum atomic E-state index is 0. The number of aromatic nitrogens is 1. The molecule has 0 spiro atoms. The summed E-state index contributed by atoms with van der Waals surface area (Å²) >= 11 is 0. The Morgan fingerprint density at radius 2 is 1.76 bits per heavy atom. The van der Waals surface area contributed by atoms with Crippen molar-refractivity contribution in [1.82, 2.24) is 4.98 Å². The Labute approximate surface area is 137 Å². The molecule has 2 nitrogen and oxygen atoms in total. The average Bonchev–Trinajstić information content (AvgIpc) is 2.56. The van der Waals surface area contributed by atoms with Crippen molar-refractivity contribution in [3.05, 3.63) is 78.5 Å². The van der Waals surface area contributed by atoms with Gasteiger partial charge in [-0.1, -0.05) is 36.4 Å². The molecule has 0 aliphatic heterocycles. The molecular weight excluding hydrogens is 436 g/mol. The van der Waals surface area contributed by atoms with Gasteiger partial charge in [-0.25, -0.2) is 0 Å². The molecule has 0 fully saturated rings. The van der Waals surface area contributed by atoms with Crippen LogP contribution < -0.4 is 0 Å². The van der Waals surface area contributed by atoms with Crippen LogP contribution in [0.5, 0.6) is 0 Å². The number of rotatable bonds is 2. The maximum absolute atomic E-state index is 8.96. The Morgan fingerprint density at radius 1 is 0.952 bits per heavy atom. The van der Waals surface area contributed by atoms with Gasteiger partial charge >= 0.3 is 0 Å². The molecule has 103 valence electrons. The normalized spacial score (nSPS) is 9.48. The van der Waals surface area contributed by atoms with Crippen molar-refractivity contribution in [2.24, 2.45) is 0 Å². The van der Waals surface area contributed by atoms with Gasteiger partial charge in [-0.05, 0) is 28.5 Å². The quantitative estimate of drug-likeness (QED) is 0.555. The third-order valence-electron chi connectivity index (χ3n) is 3.07. The summed E-state index contributed by atoms with van der Waals surface area (Å²) in [6, 6.07) is 24.7. The van der Waals surface area contributed by atoms with Crippen molar-refractivity contribution in [3.8, 4) is 28.5 Å². The fourth-order valence-electron chi connectivity index (χ4n) is 2.07. The second kappa shape index (κ2) is 6.95. The van der Waals surface area contributed by atoms with Gasteiger partial charge in [-0.2, -0.15) is 5.26 Å². The molecule has 1 heterocycles. The first kappa shape index (κ1) is 15.1. The molecule has 0 atom stereocenters. The van der Waals surface area contributed by atoms with Crippen molar-refractivity contribution in [3.63, 3.8) is 0 Å². The number of pyridine rings is 1. The summed E-state index contributed by atoms with van der Waals surface area (Å²) in [4.78, 5) is 4.37. The topological polar surface area (TPSA) is 36.7 Å². The Hall–Kier alpha value is -2.27. The molecule has 0 saturated heterocycles. The second-order valence-corrected chi connectivity index (χ2v) is 4.40. The van der Waals surface area contributed by atoms with Crippen LogP contribution in [-0.2, 0) is 20.1 Å². The average molecular weight is 448 g/mol. The van der Waals surface area contributed by atoms with Gasteiger partial charge in [-0.15, -0.1) is 29.8 Å². The van der Waals surface area contributed by atoms with Crippen LogP contribution in [0.25, 0.3) is 22.4 Å². The summed E-state index contributed by atoms with van der Waals surface area (Å²) in [6.45, 7) is 0. The first-order chi connectivity index (χ1) is 9.86. The van der Waals surface area contributed by atoms with Gasteiger partial charge in [-0.3, -0.25) is 0 Å². The standard InChI is InChI=1S/C18H11N2.Ir/c19-13-14-5-4-8-17(11-14)18-12-16(9-10-20-18)15-6-2-1-3-7-15;/h1-7,9-12H;/q-1;. The van der Waals surface area contributed by atoms with E-state index in [2.05, 4.69) is 29.3 Å². The summed E-state index contributed by atoms with van der Waals surface area (Å²) in [5, 5.41) is 8.96. The Morgan fingerprint density at radius 3 is 2.52 bits per heavy atom. The van der Waals surface area contributed by atoms with Gasteiger partial charge in [0.1, 0.15) is 0 Å². The molecule has 0 aliphatic carbocycles. The summed E-state index contributed by atoms with van der Waals surface area (Å²) in [5.74, 6) is 0. The van der Waals surface area contributed by atoms with E-state index in [4.69, 9.17) is 5.26 Å². The zero-order valence-electron chi connectivity index (χ0n) is 11.1. The number of nitrogens with zero attached hydrogens (tertiary/aromatic N) is 2. The van der Waals surface area contributed by atoms with Crippen LogP contribution in [0, 0.1) is 17.4 Å². The predicted molar refractivity (Wildman–Crippen MR) is 78.7 cm³/mol. The van der Waals surface area contributed by atoms with Crippen LogP contribution in [0.1, 0.15) is 5.56 Å². The molecule has 1 aromatic heterocycles. The molecule has 21 heavy (non-hydrogen) atoms. The fraction of sp³-hybridized carbons (Fsp3) is 0. The number of hydrogen-bond acceptors (Lipinski definition) is 2. The van der Waals surface area contributed by atoms with E-state index in [0.717, 1.165) is 22.4 Å². The summed E-state index contributed by atoms with van der Waals surface area (Å²) in [6.07, 6.45) is 1.78. The van der Waals surface area contributed by atoms with Gasteiger partial charge < -0.3 is 4.98 Å². The fourth-order valence-corrected chi connectivity index (χ4v) is 2.07. The van der Waals surface area contributed by atoms with E-state index in [1.54, 1.807) is 24.4 Å². The van der Waals surface area contributed by atoms with Gasteiger partial charge in [0.2, 0.25) is 0 Å². The minimum absolute atomic E-state index is 0. The van der Waals surface area contributed by atoms with Crippen LogP contribution >= 0.6 is 0 Å². The number of hydrogen-bond donors (Lipinski definition) is 0. The van der Waals surface area contributed by atoms with Gasteiger partial charge in [0.25, 0.3) is 0 Å². The summed E-state index contributed by atoms with van der Waals surface area (Å²) in [7, 11) is 0. The van der Waals surface area contributed by atoms with Crippen molar-refractivity contribution in [2.45, 2.75) is 0 Å². The van der Waals surface area contributed by atoms with E-state index in [1.807, 2.05) is 30.3 Å². The maximum atomic E-state index is 8.96. The molecule has 0 amide bonds. The Bertz CT molecular complexity index is 776. The van der Waals surface area contributed by atoms with Crippen molar-refractivity contribution < 1.29 is 20.1 Å². The van der Waals surface area contributed by atoms with Crippen molar-refractivity contribution in [2.75, 3.05) is 0 Å². The zero-order chi connectivity index (χ0) is 13.8. The monoisotopic (exact) mass is 448 g/mol. The van der Waals surface area contributed by atoms with Crippen LogP contribution in [0.2, 0.25) is 0 Å². The van der Waals surface area contributed by atoms with Crippen LogP contribution in [0.15, 0.2) is 66.9 Å². The summed E-state index contributed by atoms with van der Waals surface area (Å²) < 4.78 is 0. The molecular formula is C18H11IrN2-. The second-order valence-electron chi connectivity index (χ2n) is 4.40. The van der Waals surface area contributed by atoms with E-state index in [9.17, 15) is 0 Å². The van der Waals surface area contributed by atoms with Crippen molar-refractivity contribution in [1.29, 1.82) is 5.26 Å². The maximum Gasteiger partial charge on any atom is 0.0789 e. The summed E-state index contributed by atoms with van der Waals surface area (Å²) in [5.41, 5.74) is 4.52. The van der Waals surface area contributed by atoms with Crippen LogP contribution in [0.4, 0.5) is 0 Å². The smallest absolute Gasteiger partial charge is 0.0789 e. The third-order valence-corrected chi connectivity index (χ3v) is 3.07. The van der Waals surface area contributed by atoms with Crippen LogP contribution in [-0.4, -0.2) is 4.98 Å². The molecule has 3 aromatic rings. The molecule has 3 rings (SSSR count). The predicted octanol–water partition coefficient (Wildman–Crippen LogP) is 4.08. The molecule has 0 bridgehead atoms. The SMILES string of the molecule is N#Cc1cc[c-]c(-c2cc(-c3ccccc3)ccn2)c1.[Ir]. The van der Waals surface area contributed by atoms with E-state index in [-0.39, 0.29) is 20.1 Å². The van der Waals surface area contributed by atoms with Crippen LogP contribution in [0.3, 0.4) is 0 Å². The van der Waals surface area contributed by atoms with Crippen molar-refractivity contribution >= 4 is 0 Å². The molecule has 1 radical (unpaired) electrons. The van der Waals surface area contributed by atoms with E-state index in [1.165, 1.54) is 0 Å². The Balaban J connectivity index is 0.00000161. The molecule has 0 aliphatic rings.